The minimum Gasteiger partial charge on any atom is -0.478 e. The summed E-state index contributed by atoms with van der Waals surface area (Å²) in [5, 5.41) is 15.1. The van der Waals surface area contributed by atoms with Crippen LogP contribution in [-0.2, 0) is 23.9 Å². The smallest absolute Gasteiger partial charge is 0.330 e. The Hall–Kier alpha value is -3.14. The first-order valence-electron chi connectivity index (χ1n) is 7.25. The molecule has 0 fully saturated rings. The summed E-state index contributed by atoms with van der Waals surface area (Å²) in [6.07, 6.45) is 6.31. The van der Waals surface area contributed by atoms with Crippen LogP contribution >= 0.6 is 0 Å². The number of unbranched alkanes of at least 4 members (excludes halogenated alkanes) is 1. The van der Waals surface area contributed by atoms with E-state index >= 15 is 0 Å². The number of carbonyl (C=O) groups is 3. The fourth-order valence-electron chi connectivity index (χ4n) is 0.577. The molecule has 0 spiro atoms. The van der Waals surface area contributed by atoms with Crippen LogP contribution in [0.1, 0.15) is 26.7 Å². The van der Waals surface area contributed by atoms with E-state index in [4.69, 9.17) is 10.4 Å². The van der Waals surface area contributed by atoms with Crippen molar-refractivity contribution in [1.82, 2.24) is 0 Å². The summed E-state index contributed by atoms with van der Waals surface area (Å²) in [5.41, 5.74) is 0. The molecule has 0 amide bonds. The molecule has 0 rings (SSSR count). The highest BCUT2D eigenvalue weighted by molar-refractivity contribution is 5.81. The van der Waals surface area contributed by atoms with Crippen LogP contribution in [0.15, 0.2) is 50.6 Å². The maximum absolute atomic E-state index is 10.3. The normalized spacial score (nSPS) is 7.08. The van der Waals surface area contributed by atoms with Gasteiger partial charge in [0.15, 0.2) is 0 Å². The standard InChI is InChI=1S/C7H12O2.C5H8O2.C3H3N.C3H4O2/c1-3-5-6-9-7(8)4-2;1-3-5(6)7-4-2;1-2-3-4;1-2-3(4)5/h4H,2-3,5-6H2,1H3;3H,1,4H2,2H3;2H,1H2;2H,1H2,(H,4,5). The number of aliphatic carboxylic acids is 1. The number of carboxylic acid groups (broad SMARTS) is 1. The first-order chi connectivity index (χ1) is 11.8. The first-order valence-corrected chi connectivity index (χ1v) is 7.25. The quantitative estimate of drug-likeness (QED) is 0.323. The molecule has 7 heteroatoms. The number of nitrogens with zero attached hydrogens (tertiary/aromatic N) is 1. The summed E-state index contributed by atoms with van der Waals surface area (Å²) in [6.45, 7) is 17.3. The fraction of sp³-hybridized carbons (Fsp3) is 0.333. The zero-order valence-corrected chi connectivity index (χ0v) is 14.9. The maximum atomic E-state index is 10.3. The number of hydrogen-bond acceptors (Lipinski definition) is 6. The Labute approximate surface area is 149 Å². The number of carbonyl (C=O) groups excluding carboxylic acids is 2. The lowest BCUT2D eigenvalue weighted by molar-refractivity contribution is -0.138. The number of ether oxygens (including phenoxy) is 2. The van der Waals surface area contributed by atoms with Gasteiger partial charge in [-0.05, 0) is 13.3 Å². The molecule has 25 heavy (non-hydrogen) atoms. The van der Waals surface area contributed by atoms with E-state index in [1.54, 1.807) is 13.0 Å². The van der Waals surface area contributed by atoms with Gasteiger partial charge in [-0.1, -0.05) is 39.7 Å². The van der Waals surface area contributed by atoms with Crippen LogP contribution in [0.25, 0.3) is 0 Å². The SMILES string of the molecule is C=CC#N.C=CC(=O)O.C=CC(=O)OCC.C=CC(=O)OCCCC. The maximum Gasteiger partial charge on any atom is 0.330 e. The van der Waals surface area contributed by atoms with Crippen LogP contribution in [0.2, 0.25) is 0 Å². The molecule has 0 unspecified atom stereocenters. The van der Waals surface area contributed by atoms with Gasteiger partial charge in [-0.25, -0.2) is 14.4 Å². The van der Waals surface area contributed by atoms with E-state index < -0.39 is 5.97 Å². The van der Waals surface area contributed by atoms with Gasteiger partial charge >= 0.3 is 17.9 Å². The van der Waals surface area contributed by atoms with Crippen molar-refractivity contribution in [2.75, 3.05) is 13.2 Å². The molecule has 0 atom stereocenters. The minimum absolute atomic E-state index is 0.330. The molecule has 0 saturated carbocycles. The number of rotatable bonds is 7. The highest BCUT2D eigenvalue weighted by Crippen LogP contribution is 1.88. The number of carboxylic acids is 1. The molecule has 0 aliphatic heterocycles. The van der Waals surface area contributed by atoms with Gasteiger partial charge < -0.3 is 14.6 Å². The summed E-state index contributed by atoms with van der Waals surface area (Å²) in [4.78, 5) is 29.7. The third-order valence-electron chi connectivity index (χ3n) is 1.63. The summed E-state index contributed by atoms with van der Waals surface area (Å²) in [6, 6.07) is 1.69. The van der Waals surface area contributed by atoms with E-state index in [0.717, 1.165) is 25.0 Å². The van der Waals surface area contributed by atoms with Gasteiger partial charge in [0.2, 0.25) is 0 Å². The Bertz CT molecular complexity index is 449. The van der Waals surface area contributed by atoms with Crippen molar-refractivity contribution in [3.8, 4) is 6.07 Å². The molecule has 0 aliphatic carbocycles. The number of hydrogen-bond donors (Lipinski definition) is 1. The van der Waals surface area contributed by atoms with Gasteiger partial charge in [0.05, 0.1) is 19.3 Å². The van der Waals surface area contributed by atoms with Crippen molar-refractivity contribution < 1.29 is 29.0 Å². The van der Waals surface area contributed by atoms with Crippen molar-refractivity contribution >= 4 is 17.9 Å². The third kappa shape index (κ3) is 52.8. The average molecular weight is 353 g/mol. The average Bonchev–Trinajstić information content (AvgIpc) is 2.63. The zero-order chi connectivity index (χ0) is 20.5. The Balaban J connectivity index is -0.000000123. The lowest BCUT2D eigenvalue weighted by Crippen LogP contribution is -2.00. The molecule has 0 radical (unpaired) electrons. The molecular weight excluding hydrogens is 326 g/mol. The molecule has 0 bridgehead atoms. The molecule has 7 nitrogen and oxygen atoms in total. The monoisotopic (exact) mass is 353 g/mol. The van der Waals surface area contributed by atoms with E-state index in [2.05, 4.69) is 35.8 Å². The van der Waals surface area contributed by atoms with Crippen molar-refractivity contribution in [2.45, 2.75) is 26.7 Å². The first kappa shape index (κ1) is 29.8. The van der Waals surface area contributed by atoms with Crippen molar-refractivity contribution in [3.05, 3.63) is 50.6 Å². The van der Waals surface area contributed by atoms with E-state index in [0.29, 0.717) is 13.2 Å². The van der Waals surface area contributed by atoms with E-state index in [1.165, 1.54) is 12.2 Å². The van der Waals surface area contributed by atoms with Crippen LogP contribution < -0.4 is 0 Å². The van der Waals surface area contributed by atoms with Crippen molar-refractivity contribution in [3.63, 3.8) is 0 Å². The van der Waals surface area contributed by atoms with E-state index in [-0.39, 0.29) is 11.9 Å². The van der Waals surface area contributed by atoms with E-state index in [9.17, 15) is 14.4 Å². The summed E-state index contributed by atoms with van der Waals surface area (Å²) in [7, 11) is 0. The molecule has 1 N–H and O–H groups in total. The van der Waals surface area contributed by atoms with Gasteiger partial charge in [0.1, 0.15) is 0 Å². The Morgan fingerprint density at radius 3 is 1.60 bits per heavy atom. The lowest BCUT2D eigenvalue weighted by Gasteiger charge is -1.97. The highest BCUT2D eigenvalue weighted by Gasteiger charge is 1.91. The molecule has 0 aromatic carbocycles. The van der Waals surface area contributed by atoms with Crippen LogP contribution in [-0.4, -0.2) is 36.2 Å². The fourth-order valence-corrected chi connectivity index (χ4v) is 0.577. The predicted octanol–water partition coefficient (Wildman–Crippen LogP) is 3.20. The second kappa shape index (κ2) is 28.9. The molecule has 140 valence electrons. The van der Waals surface area contributed by atoms with Gasteiger partial charge in [-0.2, -0.15) is 5.26 Å². The molecule has 0 saturated heterocycles. The summed E-state index contributed by atoms with van der Waals surface area (Å²) in [5.74, 6) is -1.67. The van der Waals surface area contributed by atoms with Gasteiger partial charge in [0, 0.05) is 24.3 Å². The van der Waals surface area contributed by atoms with Crippen LogP contribution in [0.4, 0.5) is 0 Å². The Morgan fingerprint density at radius 1 is 1.00 bits per heavy atom. The second-order valence-electron chi connectivity index (χ2n) is 3.56. The van der Waals surface area contributed by atoms with Crippen molar-refractivity contribution in [2.24, 2.45) is 0 Å². The van der Waals surface area contributed by atoms with Gasteiger partial charge in [0.25, 0.3) is 0 Å². The third-order valence-corrected chi connectivity index (χ3v) is 1.63. The van der Waals surface area contributed by atoms with Crippen molar-refractivity contribution in [1.29, 1.82) is 5.26 Å². The van der Waals surface area contributed by atoms with Crippen LogP contribution in [0.5, 0.6) is 0 Å². The summed E-state index contributed by atoms with van der Waals surface area (Å²) >= 11 is 0. The topological polar surface area (TPSA) is 114 Å². The van der Waals surface area contributed by atoms with E-state index in [1.807, 2.05) is 6.92 Å². The number of allylic oxidation sites excluding steroid dienone is 1. The number of esters is 2. The molecular formula is C18H27NO6. The largest absolute Gasteiger partial charge is 0.478 e. The second-order valence-corrected chi connectivity index (χ2v) is 3.56. The Kier molecular flexibility index (Phi) is 34.5. The van der Waals surface area contributed by atoms with Crippen LogP contribution in [0, 0.1) is 11.3 Å². The number of nitriles is 1. The van der Waals surface area contributed by atoms with Gasteiger partial charge in [-0.15, -0.1) is 0 Å². The molecule has 0 aromatic rings. The Morgan fingerprint density at radius 2 is 1.40 bits per heavy atom. The van der Waals surface area contributed by atoms with Gasteiger partial charge in [-0.3, -0.25) is 0 Å². The molecule has 0 aliphatic rings. The zero-order valence-electron chi connectivity index (χ0n) is 14.9. The minimum atomic E-state index is -0.981. The summed E-state index contributed by atoms with van der Waals surface area (Å²) < 4.78 is 9.11. The highest BCUT2D eigenvalue weighted by atomic mass is 16.5. The van der Waals surface area contributed by atoms with Crippen LogP contribution in [0.3, 0.4) is 0 Å². The predicted molar refractivity (Wildman–Crippen MR) is 96.5 cm³/mol. The lowest BCUT2D eigenvalue weighted by atomic mass is 10.4. The molecule has 0 heterocycles. The molecule has 0 aromatic heterocycles.